The minimum atomic E-state index is -0.718. The summed E-state index contributed by atoms with van der Waals surface area (Å²) < 4.78 is 24.1. The van der Waals surface area contributed by atoms with Gasteiger partial charge in [-0.2, -0.15) is 5.10 Å². The standard InChI is InChI=1S/C32H37FN2O5/c1-31(2,3)24-15-20(16-25(29(24)37)32(4,5)6)12-14-28(36)35-34-19-21-11-13-26(27(17-21)39-7)40-30(38)22-9-8-10-23(33)18-22/h8-11,13,15-19,37H,12,14H2,1-7H3,(H,35,36)/b34-19-. The molecule has 0 radical (unpaired) electrons. The maximum atomic E-state index is 13.4. The van der Waals surface area contributed by atoms with Crippen molar-refractivity contribution in [3.05, 3.63) is 88.2 Å². The molecule has 0 saturated heterocycles. The third-order valence-electron chi connectivity index (χ3n) is 6.28. The predicted molar refractivity (Wildman–Crippen MR) is 154 cm³/mol. The smallest absolute Gasteiger partial charge is 0.343 e. The van der Waals surface area contributed by atoms with E-state index in [0.717, 1.165) is 22.8 Å². The van der Waals surface area contributed by atoms with Gasteiger partial charge in [0.1, 0.15) is 11.6 Å². The highest BCUT2D eigenvalue weighted by molar-refractivity contribution is 5.91. The molecule has 0 fully saturated rings. The fourth-order valence-electron chi connectivity index (χ4n) is 4.10. The van der Waals surface area contributed by atoms with Crippen molar-refractivity contribution in [2.45, 2.75) is 65.2 Å². The van der Waals surface area contributed by atoms with E-state index >= 15 is 0 Å². The molecule has 1 amide bonds. The minimum absolute atomic E-state index is 0.0759. The minimum Gasteiger partial charge on any atom is -0.507 e. The van der Waals surface area contributed by atoms with Crippen molar-refractivity contribution in [3.63, 3.8) is 0 Å². The lowest BCUT2D eigenvalue weighted by Gasteiger charge is -2.28. The van der Waals surface area contributed by atoms with E-state index in [1.807, 2.05) is 12.1 Å². The number of hydrazone groups is 1. The summed E-state index contributed by atoms with van der Waals surface area (Å²) in [7, 11) is 1.43. The van der Waals surface area contributed by atoms with Gasteiger partial charge in [-0.3, -0.25) is 4.79 Å². The lowest BCUT2D eigenvalue weighted by atomic mass is 9.78. The van der Waals surface area contributed by atoms with E-state index in [1.54, 1.807) is 12.1 Å². The number of amides is 1. The molecule has 0 aliphatic heterocycles. The number of esters is 1. The highest BCUT2D eigenvalue weighted by atomic mass is 19.1. The second kappa shape index (κ2) is 12.3. The van der Waals surface area contributed by atoms with E-state index in [2.05, 4.69) is 52.1 Å². The SMILES string of the molecule is COc1cc(/C=N\NC(=O)CCc2cc(C(C)(C)C)c(O)c(C(C)(C)C)c2)ccc1OC(=O)c1cccc(F)c1. The molecule has 3 aromatic carbocycles. The molecule has 3 aromatic rings. The van der Waals surface area contributed by atoms with E-state index in [1.165, 1.54) is 37.6 Å². The second-order valence-electron chi connectivity index (χ2n) is 11.6. The zero-order valence-electron chi connectivity index (χ0n) is 24.1. The van der Waals surface area contributed by atoms with Gasteiger partial charge in [-0.05, 0) is 75.9 Å². The number of carbonyl (C=O) groups is 2. The number of phenols is 1. The number of hydrogen-bond donors (Lipinski definition) is 2. The first-order chi connectivity index (χ1) is 18.7. The summed E-state index contributed by atoms with van der Waals surface area (Å²) >= 11 is 0. The van der Waals surface area contributed by atoms with Gasteiger partial charge in [-0.15, -0.1) is 0 Å². The van der Waals surface area contributed by atoms with Crippen LogP contribution < -0.4 is 14.9 Å². The van der Waals surface area contributed by atoms with E-state index in [9.17, 15) is 19.1 Å². The number of carbonyl (C=O) groups excluding carboxylic acids is 2. The van der Waals surface area contributed by atoms with Gasteiger partial charge < -0.3 is 14.6 Å². The molecular formula is C32H37FN2O5. The summed E-state index contributed by atoms with van der Waals surface area (Å²) in [6, 6.07) is 13.9. The van der Waals surface area contributed by atoms with Crippen LogP contribution in [-0.2, 0) is 22.0 Å². The molecule has 0 atom stereocenters. The summed E-state index contributed by atoms with van der Waals surface area (Å²) in [5.74, 6) is -0.769. The van der Waals surface area contributed by atoms with Gasteiger partial charge in [-0.25, -0.2) is 14.6 Å². The number of nitrogens with one attached hydrogen (secondary N) is 1. The quantitative estimate of drug-likeness (QED) is 0.146. The fraction of sp³-hybridized carbons (Fsp3) is 0.344. The molecule has 0 aliphatic rings. The Kier molecular flexibility index (Phi) is 9.35. The molecule has 7 nitrogen and oxygen atoms in total. The average Bonchev–Trinajstić information content (AvgIpc) is 2.87. The molecule has 0 spiro atoms. The maximum absolute atomic E-state index is 13.4. The number of aryl methyl sites for hydroxylation is 1. The average molecular weight is 549 g/mol. The molecule has 0 aliphatic carbocycles. The van der Waals surface area contributed by atoms with Crippen LogP contribution in [0.25, 0.3) is 0 Å². The largest absolute Gasteiger partial charge is 0.507 e. The van der Waals surface area contributed by atoms with Crippen LogP contribution in [0.15, 0.2) is 59.7 Å². The van der Waals surface area contributed by atoms with Crippen LogP contribution in [-0.4, -0.2) is 30.3 Å². The molecule has 212 valence electrons. The predicted octanol–water partition coefficient (Wildman–Crippen LogP) is 6.44. The summed E-state index contributed by atoms with van der Waals surface area (Å²) in [5, 5.41) is 14.9. The Bertz CT molecular complexity index is 1380. The van der Waals surface area contributed by atoms with Crippen molar-refractivity contribution in [1.29, 1.82) is 0 Å². The number of methoxy groups -OCH3 is 1. The van der Waals surface area contributed by atoms with Crippen molar-refractivity contribution < 1.29 is 28.6 Å². The molecule has 0 unspecified atom stereocenters. The Balaban J connectivity index is 1.64. The first kappa shape index (κ1) is 30.3. The van der Waals surface area contributed by atoms with Crippen LogP contribution >= 0.6 is 0 Å². The highest BCUT2D eigenvalue weighted by Gasteiger charge is 2.26. The second-order valence-corrected chi connectivity index (χ2v) is 11.6. The Hall–Kier alpha value is -4.20. The zero-order chi connectivity index (χ0) is 29.7. The third-order valence-corrected chi connectivity index (χ3v) is 6.28. The van der Waals surface area contributed by atoms with Crippen molar-refractivity contribution in [2.24, 2.45) is 5.10 Å². The number of ether oxygens (including phenoxy) is 2. The molecule has 0 bridgehead atoms. The van der Waals surface area contributed by atoms with Gasteiger partial charge in [0, 0.05) is 6.42 Å². The van der Waals surface area contributed by atoms with Crippen LogP contribution in [0.3, 0.4) is 0 Å². The van der Waals surface area contributed by atoms with Gasteiger partial charge in [0.05, 0.1) is 18.9 Å². The number of halogens is 1. The Morgan fingerprint density at radius 3 is 2.17 bits per heavy atom. The van der Waals surface area contributed by atoms with Gasteiger partial charge in [-0.1, -0.05) is 59.7 Å². The van der Waals surface area contributed by atoms with Crippen molar-refractivity contribution >= 4 is 18.1 Å². The fourth-order valence-corrected chi connectivity index (χ4v) is 4.10. The number of phenolic OH excluding ortho intramolecular Hbond substituents is 1. The number of nitrogens with zero attached hydrogens (tertiary/aromatic N) is 1. The molecule has 2 N–H and O–H groups in total. The molecule has 0 aromatic heterocycles. The van der Waals surface area contributed by atoms with Crippen molar-refractivity contribution in [2.75, 3.05) is 7.11 Å². The van der Waals surface area contributed by atoms with Crippen molar-refractivity contribution in [1.82, 2.24) is 5.43 Å². The number of aromatic hydroxyl groups is 1. The Morgan fingerprint density at radius 2 is 1.60 bits per heavy atom. The van der Waals surface area contributed by atoms with E-state index < -0.39 is 11.8 Å². The molecule has 0 heterocycles. The Labute approximate surface area is 235 Å². The van der Waals surface area contributed by atoms with Crippen LogP contribution in [0.2, 0.25) is 0 Å². The van der Waals surface area contributed by atoms with Gasteiger partial charge in [0.15, 0.2) is 11.5 Å². The van der Waals surface area contributed by atoms with Gasteiger partial charge >= 0.3 is 5.97 Å². The van der Waals surface area contributed by atoms with Crippen LogP contribution in [0, 0.1) is 5.82 Å². The monoisotopic (exact) mass is 548 g/mol. The summed E-state index contributed by atoms with van der Waals surface area (Å²) in [6.45, 7) is 12.3. The summed E-state index contributed by atoms with van der Waals surface area (Å²) in [6.07, 6.45) is 2.16. The third kappa shape index (κ3) is 7.91. The van der Waals surface area contributed by atoms with Crippen LogP contribution in [0.5, 0.6) is 17.2 Å². The van der Waals surface area contributed by atoms with Gasteiger partial charge in [0.25, 0.3) is 0 Å². The number of hydrogen-bond acceptors (Lipinski definition) is 6. The van der Waals surface area contributed by atoms with E-state index in [-0.39, 0.29) is 40.2 Å². The number of rotatable bonds is 8. The number of benzene rings is 3. The molecule has 0 saturated carbocycles. The molecule has 3 rings (SSSR count). The normalized spacial score (nSPS) is 11.9. The molecule has 8 heteroatoms. The van der Waals surface area contributed by atoms with Crippen LogP contribution in [0.1, 0.15) is 80.6 Å². The Morgan fingerprint density at radius 1 is 0.950 bits per heavy atom. The summed E-state index contributed by atoms with van der Waals surface area (Å²) in [4.78, 5) is 24.9. The topological polar surface area (TPSA) is 97.2 Å². The van der Waals surface area contributed by atoms with Crippen molar-refractivity contribution in [3.8, 4) is 17.2 Å². The molecular weight excluding hydrogens is 511 g/mol. The zero-order valence-corrected chi connectivity index (χ0v) is 24.1. The van der Waals surface area contributed by atoms with Gasteiger partial charge in [0.2, 0.25) is 5.91 Å². The highest BCUT2D eigenvalue weighted by Crippen LogP contribution is 2.40. The molecule has 40 heavy (non-hydrogen) atoms. The van der Waals surface area contributed by atoms with E-state index in [0.29, 0.717) is 17.7 Å². The van der Waals surface area contributed by atoms with E-state index in [4.69, 9.17) is 9.47 Å². The first-order valence-corrected chi connectivity index (χ1v) is 13.0. The lowest BCUT2D eigenvalue weighted by molar-refractivity contribution is -0.121. The summed E-state index contributed by atoms with van der Waals surface area (Å²) in [5.41, 5.74) is 5.39. The lowest BCUT2D eigenvalue weighted by Crippen LogP contribution is -2.20. The maximum Gasteiger partial charge on any atom is 0.343 e. The first-order valence-electron chi connectivity index (χ1n) is 13.0. The van der Waals surface area contributed by atoms with Crippen LogP contribution in [0.4, 0.5) is 4.39 Å².